The molecule has 2 N–H and O–H groups in total. The van der Waals surface area contributed by atoms with Gasteiger partial charge in [-0.2, -0.15) is 0 Å². The highest BCUT2D eigenvalue weighted by atomic mass is 79.9. The van der Waals surface area contributed by atoms with Gasteiger partial charge < -0.3 is 15.0 Å². The van der Waals surface area contributed by atoms with E-state index in [4.69, 9.17) is 4.74 Å². The van der Waals surface area contributed by atoms with E-state index in [1.54, 1.807) is 24.3 Å². The van der Waals surface area contributed by atoms with E-state index in [2.05, 4.69) is 21.2 Å². The first-order valence-corrected chi connectivity index (χ1v) is 8.84. The number of carbonyl (C=O) groups is 2. The van der Waals surface area contributed by atoms with Gasteiger partial charge in [0.25, 0.3) is 5.91 Å². The molecule has 0 heterocycles. The van der Waals surface area contributed by atoms with Crippen LogP contribution in [0.15, 0.2) is 53.0 Å². The smallest absolute Gasteiger partial charge is 0.279 e. The van der Waals surface area contributed by atoms with E-state index >= 15 is 0 Å². The molecule has 0 fully saturated rings. The summed E-state index contributed by atoms with van der Waals surface area (Å²) in [5, 5.41) is 2.84. The van der Waals surface area contributed by atoms with Crippen LogP contribution in [0.25, 0.3) is 0 Å². The Balaban J connectivity index is 1.72. The van der Waals surface area contributed by atoms with Gasteiger partial charge in [0.15, 0.2) is 12.3 Å². The van der Waals surface area contributed by atoms with Crippen molar-refractivity contribution in [3.05, 3.63) is 58.6 Å². The molecule has 6 heteroatoms. The third-order valence-electron chi connectivity index (χ3n) is 3.65. The van der Waals surface area contributed by atoms with Crippen molar-refractivity contribution in [1.82, 2.24) is 0 Å². The average molecular weight is 406 g/mol. The summed E-state index contributed by atoms with van der Waals surface area (Å²) in [5.74, 6) is 0.746. The summed E-state index contributed by atoms with van der Waals surface area (Å²) in [6.45, 7) is 3.11. The first-order chi connectivity index (χ1) is 11.9. The molecule has 25 heavy (non-hydrogen) atoms. The van der Waals surface area contributed by atoms with E-state index in [-0.39, 0.29) is 11.7 Å². The molecule has 0 saturated carbocycles. The summed E-state index contributed by atoms with van der Waals surface area (Å²) in [5.41, 5.74) is 1.32. The maximum atomic E-state index is 12.1. The van der Waals surface area contributed by atoms with Crippen molar-refractivity contribution in [3.8, 4) is 5.75 Å². The van der Waals surface area contributed by atoms with Crippen LogP contribution < -0.4 is 15.0 Å². The molecule has 0 aromatic heterocycles. The first-order valence-electron chi connectivity index (χ1n) is 8.04. The Hall–Kier alpha value is -2.18. The topological polar surface area (TPSA) is 59.8 Å². The zero-order valence-corrected chi connectivity index (χ0v) is 15.9. The minimum Gasteiger partial charge on any atom is -0.488 e. The van der Waals surface area contributed by atoms with Crippen molar-refractivity contribution in [1.29, 1.82) is 0 Å². The Morgan fingerprint density at radius 3 is 2.32 bits per heavy atom. The second-order valence-corrected chi connectivity index (χ2v) is 6.78. The number of halogens is 1. The van der Waals surface area contributed by atoms with Crippen molar-refractivity contribution in [3.63, 3.8) is 0 Å². The van der Waals surface area contributed by atoms with Gasteiger partial charge >= 0.3 is 0 Å². The fraction of sp³-hybridized carbons (Fsp3) is 0.263. The van der Waals surface area contributed by atoms with Crippen molar-refractivity contribution < 1.29 is 19.2 Å². The fourth-order valence-corrected chi connectivity index (χ4v) is 2.49. The van der Waals surface area contributed by atoms with Gasteiger partial charge in [0.1, 0.15) is 18.9 Å². The van der Waals surface area contributed by atoms with Crippen LogP contribution in [0.3, 0.4) is 0 Å². The van der Waals surface area contributed by atoms with Crippen LogP contribution in [-0.4, -0.2) is 38.4 Å². The third-order valence-corrected chi connectivity index (χ3v) is 4.18. The second-order valence-electron chi connectivity index (χ2n) is 5.87. The zero-order chi connectivity index (χ0) is 18.2. The highest BCUT2D eigenvalue weighted by Gasteiger charge is 2.10. The van der Waals surface area contributed by atoms with Crippen molar-refractivity contribution in [2.45, 2.75) is 6.92 Å². The number of hydrogen-bond donors (Lipinski definition) is 2. The molecule has 0 radical (unpaired) electrons. The highest BCUT2D eigenvalue weighted by molar-refractivity contribution is 9.10. The lowest BCUT2D eigenvalue weighted by atomic mass is 10.1. The minimum atomic E-state index is -0.0725. The van der Waals surface area contributed by atoms with Gasteiger partial charge in [0.05, 0.1) is 7.05 Å². The second kappa shape index (κ2) is 9.34. The Morgan fingerprint density at radius 1 is 1.08 bits per heavy atom. The molecule has 0 spiro atoms. The monoisotopic (exact) mass is 405 g/mol. The maximum absolute atomic E-state index is 12.1. The SMILES string of the molecule is CC(=O)c1ccc(NC(=O)C[NH+](C)CCOc2ccc(Br)cc2)cc1. The highest BCUT2D eigenvalue weighted by Crippen LogP contribution is 2.15. The third kappa shape index (κ3) is 6.68. The molecule has 0 saturated heterocycles. The van der Waals surface area contributed by atoms with Crippen molar-refractivity contribution >= 4 is 33.3 Å². The number of ether oxygens (including phenoxy) is 1. The number of anilines is 1. The standard InChI is InChI=1S/C19H21BrN2O3/c1-14(23)15-3-7-17(8-4-15)21-19(24)13-22(2)11-12-25-18-9-5-16(20)6-10-18/h3-10H,11-13H2,1-2H3,(H,21,24)/p+1. The summed E-state index contributed by atoms with van der Waals surface area (Å²) in [6, 6.07) is 14.5. The number of ketones is 1. The van der Waals surface area contributed by atoms with Gasteiger partial charge in [-0.3, -0.25) is 9.59 Å². The summed E-state index contributed by atoms with van der Waals surface area (Å²) in [6.07, 6.45) is 0. The number of rotatable bonds is 8. The first kappa shape index (κ1) is 19.1. The zero-order valence-electron chi connectivity index (χ0n) is 14.3. The number of nitrogens with one attached hydrogen (secondary N) is 2. The summed E-state index contributed by atoms with van der Waals surface area (Å²) >= 11 is 3.38. The molecule has 0 aliphatic rings. The van der Waals surface area contributed by atoms with E-state index in [1.165, 1.54) is 6.92 Å². The van der Waals surface area contributed by atoms with Crippen LogP contribution in [0.4, 0.5) is 5.69 Å². The Bertz CT molecular complexity index is 714. The molecule has 2 rings (SSSR count). The molecule has 5 nitrogen and oxygen atoms in total. The van der Waals surface area contributed by atoms with Crippen LogP contribution in [0, 0.1) is 0 Å². The van der Waals surface area contributed by atoms with Crippen molar-refractivity contribution in [2.24, 2.45) is 0 Å². The molecule has 2 aromatic carbocycles. The number of quaternary nitrogens is 1. The largest absolute Gasteiger partial charge is 0.488 e. The molecule has 1 atom stereocenters. The lowest BCUT2D eigenvalue weighted by molar-refractivity contribution is -0.871. The molecule has 132 valence electrons. The van der Waals surface area contributed by atoms with E-state index in [0.29, 0.717) is 30.9 Å². The lowest BCUT2D eigenvalue weighted by Crippen LogP contribution is -3.10. The molecular formula is C19H22BrN2O3+. The van der Waals surface area contributed by atoms with Gasteiger partial charge in [-0.1, -0.05) is 15.9 Å². The van der Waals surface area contributed by atoms with Crippen LogP contribution in [0.5, 0.6) is 5.75 Å². The molecule has 0 aliphatic heterocycles. The normalized spacial score (nSPS) is 11.6. The summed E-state index contributed by atoms with van der Waals surface area (Å²) < 4.78 is 6.67. The number of hydrogen-bond acceptors (Lipinski definition) is 3. The predicted octanol–water partition coefficient (Wildman–Crippen LogP) is 2.18. The van der Waals surface area contributed by atoms with Gasteiger partial charge in [-0.15, -0.1) is 0 Å². The van der Waals surface area contributed by atoms with Crippen LogP contribution >= 0.6 is 15.9 Å². The van der Waals surface area contributed by atoms with Gasteiger partial charge in [0, 0.05) is 15.7 Å². The molecule has 0 aliphatic carbocycles. The Morgan fingerprint density at radius 2 is 1.72 bits per heavy atom. The average Bonchev–Trinajstić information content (AvgIpc) is 2.57. The van der Waals surface area contributed by atoms with Gasteiger partial charge in [0.2, 0.25) is 0 Å². The Labute approximate surface area is 156 Å². The van der Waals surface area contributed by atoms with E-state index in [0.717, 1.165) is 15.1 Å². The van der Waals surface area contributed by atoms with Gasteiger partial charge in [-0.25, -0.2) is 0 Å². The molecule has 0 bridgehead atoms. The van der Waals surface area contributed by atoms with Crippen LogP contribution in [0.1, 0.15) is 17.3 Å². The number of carbonyl (C=O) groups excluding carboxylic acids is 2. The molecule has 1 amide bonds. The quantitative estimate of drug-likeness (QED) is 0.661. The Kier molecular flexibility index (Phi) is 7.16. The van der Waals surface area contributed by atoms with Gasteiger partial charge in [-0.05, 0) is 55.5 Å². The number of Topliss-reactive ketones (excluding diaryl/α,β-unsaturated/α-hetero) is 1. The fourth-order valence-electron chi connectivity index (χ4n) is 2.23. The molecule has 1 unspecified atom stereocenters. The van der Waals surface area contributed by atoms with E-state index in [9.17, 15) is 9.59 Å². The van der Waals surface area contributed by atoms with E-state index in [1.807, 2.05) is 31.3 Å². The molecular weight excluding hydrogens is 384 g/mol. The number of amides is 1. The minimum absolute atomic E-state index is 0.00725. The van der Waals surface area contributed by atoms with Crippen LogP contribution in [-0.2, 0) is 4.79 Å². The summed E-state index contributed by atoms with van der Waals surface area (Å²) in [4.78, 5) is 24.4. The summed E-state index contributed by atoms with van der Waals surface area (Å²) in [7, 11) is 1.95. The maximum Gasteiger partial charge on any atom is 0.279 e. The number of benzene rings is 2. The lowest BCUT2D eigenvalue weighted by Gasteiger charge is -2.14. The predicted molar refractivity (Wildman–Crippen MR) is 101 cm³/mol. The van der Waals surface area contributed by atoms with Crippen molar-refractivity contribution in [2.75, 3.05) is 32.1 Å². The molecule has 2 aromatic rings. The van der Waals surface area contributed by atoms with E-state index < -0.39 is 0 Å². The number of likely N-dealkylation sites (N-methyl/N-ethyl adjacent to an activating group) is 1. The van der Waals surface area contributed by atoms with Crippen LogP contribution in [0.2, 0.25) is 0 Å².